The van der Waals surface area contributed by atoms with Crippen molar-refractivity contribution in [3.63, 3.8) is 0 Å². The van der Waals surface area contributed by atoms with Gasteiger partial charge in [0.25, 0.3) is 0 Å². The summed E-state index contributed by atoms with van der Waals surface area (Å²) in [5, 5.41) is 0. The number of piperazine rings is 1. The summed E-state index contributed by atoms with van der Waals surface area (Å²) < 4.78 is 0. The molecule has 1 fully saturated rings. The van der Waals surface area contributed by atoms with E-state index in [1.165, 1.54) is 0 Å². The maximum atomic E-state index is 5.87. The van der Waals surface area contributed by atoms with Crippen LogP contribution in [0.5, 0.6) is 0 Å². The van der Waals surface area contributed by atoms with E-state index >= 15 is 0 Å². The lowest BCUT2D eigenvalue weighted by atomic mass is 10.1. The smallest absolute Gasteiger partial charge is 0.0544 e. The molecule has 0 bridgehead atoms. The molecule has 17 heavy (non-hydrogen) atoms. The molecular weight excluding hydrogens is 212 g/mol. The highest BCUT2D eigenvalue weighted by atomic mass is 15.3. The summed E-state index contributed by atoms with van der Waals surface area (Å²) in [4.78, 5) is 9.22. The SMILES string of the molecule is CC1CN(Cc2ccccn2)C(CN)CN1C. The summed E-state index contributed by atoms with van der Waals surface area (Å²) in [6, 6.07) is 7.10. The Morgan fingerprint density at radius 1 is 1.41 bits per heavy atom. The zero-order valence-electron chi connectivity index (χ0n) is 10.7. The van der Waals surface area contributed by atoms with Gasteiger partial charge >= 0.3 is 0 Å². The molecule has 2 rings (SSSR count). The first-order chi connectivity index (χ1) is 8.20. The molecule has 1 aliphatic heterocycles. The second-order valence-corrected chi connectivity index (χ2v) is 4.93. The van der Waals surface area contributed by atoms with Gasteiger partial charge < -0.3 is 10.6 Å². The average Bonchev–Trinajstić information content (AvgIpc) is 2.35. The van der Waals surface area contributed by atoms with Crippen LogP contribution < -0.4 is 5.73 Å². The predicted octanol–water partition coefficient (Wildman–Crippen LogP) is 0.545. The molecular formula is C13H22N4. The number of nitrogens with two attached hydrogens (primary N) is 1. The third kappa shape index (κ3) is 3.03. The third-order valence-corrected chi connectivity index (χ3v) is 3.63. The van der Waals surface area contributed by atoms with Crippen molar-refractivity contribution in [1.29, 1.82) is 0 Å². The zero-order valence-corrected chi connectivity index (χ0v) is 10.7. The van der Waals surface area contributed by atoms with Crippen LogP contribution in [0.1, 0.15) is 12.6 Å². The molecule has 2 heterocycles. The topological polar surface area (TPSA) is 45.4 Å². The normalized spacial score (nSPS) is 27.2. The largest absolute Gasteiger partial charge is 0.329 e. The molecule has 0 aromatic carbocycles. The molecule has 94 valence electrons. The van der Waals surface area contributed by atoms with Gasteiger partial charge in [-0.3, -0.25) is 9.88 Å². The first kappa shape index (κ1) is 12.5. The summed E-state index contributed by atoms with van der Waals surface area (Å²) in [7, 11) is 2.17. The van der Waals surface area contributed by atoms with Crippen molar-refractivity contribution in [1.82, 2.24) is 14.8 Å². The molecule has 1 aliphatic rings. The minimum atomic E-state index is 0.443. The summed E-state index contributed by atoms with van der Waals surface area (Å²) in [6.45, 7) is 5.99. The van der Waals surface area contributed by atoms with Gasteiger partial charge in [-0.15, -0.1) is 0 Å². The lowest BCUT2D eigenvalue weighted by Gasteiger charge is -2.43. The maximum absolute atomic E-state index is 5.87. The first-order valence-electron chi connectivity index (χ1n) is 6.25. The standard InChI is InChI=1S/C13H22N4/c1-11-8-17(13(7-14)10-16(11)2)9-12-5-3-4-6-15-12/h3-6,11,13H,7-10,14H2,1-2H3. The summed E-state index contributed by atoms with van der Waals surface area (Å²) in [5.74, 6) is 0. The van der Waals surface area contributed by atoms with Crippen LogP contribution in [0.4, 0.5) is 0 Å². The Kier molecular flexibility index (Phi) is 4.10. The lowest BCUT2D eigenvalue weighted by molar-refractivity contribution is 0.0491. The van der Waals surface area contributed by atoms with Crippen LogP contribution in [0.3, 0.4) is 0 Å². The molecule has 2 atom stereocenters. The van der Waals surface area contributed by atoms with E-state index < -0.39 is 0 Å². The molecule has 4 heteroatoms. The van der Waals surface area contributed by atoms with Gasteiger partial charge in [0.15, 0.2) is 0 Å². The second-order valence-electron chi connectivity index (χ2n) is 4.93. The van der Waals surface area contributed by atoms with Crippen LogP contribution in [-0.2, 0) is 6.54 Å². The maximum Gasteiger partial charge on any atom is 0.0544 e. The Morgan fingerprint density at radius 3 is 2.88 bits per heavy atom. The van der Waals surface area contributed by atoms with E-state index in [0.717, 1.165) is 25.3 Å². The van der Waals surface area contributed by atoms with Gasteiger partial charge in [0, 0.05) is 44.5 Å². The number of likely N-dealkylation sites (N-methyl/N-ethyl adjacent to an activating group) is 1. The molecule has 0 spiro atoms. The molecule has 0 radical (unpaired) electrons. The van der Waals surface area contributed by atoms with E-state index in [9.17, 15) is 0 Å². The zero-order chi connectivity index (χ0) is 12.3. The summed E-state index contributed by atoms with van der Waals surface area (Å²) >= 11 is 0. The Balaban J connectivity index is 2.03. The molecule has 1 saturated heterocycles. The molecule has 1 aromatic heterocycles. The van der Waals surface area contributed by atoms with Crippen LogP contribution in [0.25, 0.3) is 0 Å². The van der Waals surface area contributed by atoms with Crippen molar-refractivity contribution >= 4 is 0 Å². The predicted molar refractivity (Wildman–Crippen MR) is 69.6 cm³/mol. The molecule has 1 aromatic rings. The van der Waals surface area contributed by atoms with E-state index in [0.29, 0.717) is 18.6 Å². The summed E-state index contributed by atoms with van der Waals surface area (Å²) in [6.07, 6.45) is 1.85. The highest BCUT2D eigenvalue weighted by molar-refractivity contribution is 5.04. The van der Waals surface area contributed by atoms with Gasteiger partial charge in [-0.1, -0.05) is 6.07 Å². The van der Waals surface area contributed by atoms with Gasteiger partial charge in [0.2, 0.25) is 0 Å². The van der Waals surface area contributed by atoms with Crippen molar-refractivity contribution in [2.45, 2.75) is 25.6 Å². The van der Waals surface area contributed by atoms with Gasteiger partial charge in [-0.2, -0.15) is 0 Å². The summed E-state index contributed by atoms with van der Waals surface area (Å²) in [5.41, 5.74) is 6.99. The van der Waals surface area contributed by atoms with Gasteiger partial charge in [0.05, 0.1) is 5.69 Å². The Morgan fingerprint density at radius 2 is 2.24 bits per heavy atom. The van der Waals surface area contributed by atoms with Crippen LogP contribution in [0.2, 0.25) is 0 Å². The average molecular weight is 234 g/mol. The Hall–Kier alpha value is -0.970. The van der Waals surface area contributed by atoms with E-state index in [1.807, 2.05) is 18.3 Å². The highest BCUT2D eigenvalue weighted by Gasteiger charge is 2.28. The fourth-order valence-electron chi connectivity index (χ4n) is 2.37. The highest BCUT2D eigenvalue weighted by Crippen LogP contribution is 2.15. The van der Waals surface area contributed by atoms with Crippen molar-refractivity contribution in [2.24, 2.45) is 5.73 Å². The lowest BCUT2D eigenvalue weighted by Crippen LogP contribution is -2.57. The van der Waals surface area contributed by atoms with Crippen molar-refractivity contribution in [3.8, 4) is 0 Å². The van der Waals surface area contributed by atoms with Crippen molar-refractivity contribution < 1.29 is 0 Å². The second kappa shape index (κ2) is 5.58. The Bertz CT molecular complexity index is 341. The third-order valence-electron chi connectivity index (χ3n) is 3.63. The van der Waals surface area contributed by atoms with E-state index in [1.54, 1.807) is 0 Å². The van der Waals surface area contributed by atoms with Crippen LogP contribution in [0.15, 0.2) is 24.4 Å². The van der Waals surface area contributed by atoms with E-state index in [4.69, 9.17) is 5.73 Å². The van der Waals surface area contributed by atoms with Crippen LogP contribution >= 0.6 is 0 Å². The fraction of sp³-hybridized carbons (Fsp3) is 0.615. The quantitative estimate of drug-likeness (QED) is 0.829. The van der Waals surface area contributed by atoms with E-state index in [2.05, 4.69) is 34.8 Å². The monoisotopic (exact) mass is 234 g/mol. The molecule has 2 N–H and O–H groups in total. The number of nitrogens with zero attached hydrogens (tertiary/aromatic N) is 3. The van der Waals surface area contributed by atoms with E-state index in [-0.39, 0.29) is 0 Å². The molecule has 4 nitrogen and oxygen atoms in total. The van der Waals surface area contributed by atoms with Crippen molar-refractivity contribution in [3.05, 3.63) is 30.1 Å². The van der Waals surface area contributed by atoms with Crippen LogP contribution in [-0.4, -0.2) is 53.5 Å². The Labute approximate surface area is 103 Å². The molecule has 0 aliphatic carbocycles. The van der Waals surface area contributed by atoms with Gasteiger partial charge in [-0.25, -0.2) is 0 Å². The minimum absolute atomic E-state index is 0.443. The molecule has 0 amide bonds. The first-order valence-corrected chi connectivity index (χ1v) is 6.25. The minimum Gasteiger partial charge on any atom is -0.329 e. The molecule has 0 saturated carbocycles. The van der Waals surface area contributed by atoms with Crippen molar-refractivity contribution in [2.75, 3.05) is 26.7 Å². The number of hydrogen-bond acceptors (Lipinski definition) is 4. The number of aromatic nitrogens is 1. The van der Waals surface area contributed by atoms with Crippen LogP contribution in [0, 0.1) is 0 Å². The number of pyridine rings is 1. The van der Waals surface area contributed by atoms with Gasteiger partial charge in [-0.05, 0) is 26.1 Å². The molecule has 2 unspecified atom stereocenters. The fourth-order valence-corrected chi connectivity index (χ4v) is 2.37. The number of rotatable bonds is 3. The number of hydrogen-bond donors (Lipinski definition) is 1. The van der Waals surface area contributed by atoms with Gasteiger partial charge in [0.1, 0.15) is 0 Å².